The van der Waals surface area contributed by atoms with Gasteiger partial charge in [-0.3, -0.25) is 0 Å². The molecule has 0 aromatic heterocycles. The maximum absolute atomic E-state index is 5.95. The molecule has 0 bridgehead atoms. The summed E-state index contributed by atoms with van der Waals surface area (Å²) in [6, 6.07) is 0. The van der Waals surface area contributed by atoms with Crippen LogP contribution in [0.25, 0.3) is 0 Å². The summed E-state index contributed by atoms with van der Waals surface area (Å²) in [5, 5.41) is 0. The number of rotatable bonds is 6. The van der Waals surface area contributed by atoms with Crippen LogP contribution < -0.4 is 0 Å². The molecule has 0 aliphatic heterocycles. The van der Waals surface area contributed by atoms with E-state index in [9.17, 15) is 0 Å². The molecular weight excluding hydrogens is 228 g/mol. The van der Waals surface area contributed by atoms with Crippen LogP contribution in [0.4, 0.5) is 0 Å². The van der Waals surface area contributed by atoms with Gasteiger partial charge in [-0.15, -0.1) is 6.58 Å². The molecule has 0 rings (SSSR count). The Morgan fingerprint density at radius 1 is 1.38 bits per heavy atom. The largest absolute Gasteiger partial charge is 0.464 e. The molecule has 0 N–H and O–H groups in total. The smallest absolute Gasteiger partial charge is 0.197 e. The predicted octanol–water partition coefficient (Wildman–Crippen LogP) is 0.477. The van der Waals surface area contributed by atoms with E-state index in [0.717, 1.165) is 10.5 Å². The van der Waals surface area contributed by atoms with Crippen LogP contribution in [0.2, 0.25) is 31.9 Å². The van der Waals surface area contributed by atoms with Gasteiger partial charge in [0.1, 0.15) is 20.2 Å². The Balaban J connectivity index is 3.74. The summed E-state index contributed by atoms with van der Waals surface area (Å²) in [4.78, 5) is 0. The second-order valence-electron chi connectivity index (χ2n) is 4.37. The van der Waals surface area contributed by atoms with Gasteiger partial charge in [0.15, 0.2) is 16.6 Å². The fourth-order valence-electron chi connectivity index (χ4n) is 0.721. The molecule has 0 fully saturated rings. The molecule has 0 aliphatic rings. The molecule has 0 atom stereocenters. The number of hydrogen-bond acceptors (Lipinski definition) is 2. The van der Waals surface area contributed by atoms with E-state index < -0.39 is 16.6 Å². The maximum Gasteiger partial charge on any atom is 0.197 e. The van der Waals surface area contributed by atoms with E-state index in [1.165, 1.54) is 5.67 Å². The second-order valence-corrected chi connectivity index (χ2v) is 16.7. The summed E-state index contributed by atoms with van der Waals surface area (Å²) < 4.78 is 11.6. The summed E-state index contributed by atoms with van der Waals surface area (Å²) in [5.41, 5.74) is 3.25. The van der Waals surface area contributed by atoms with Crippen LogP contribution >= 0.6 is 0 Å². The average molecular weight is 251 g/mol. The SMILES string of the molecule is C=C[Si](C)(C)O[SiH2]C[Si](C)(C)O[SiH3]. The minimum Gasteiger partial charge on any atom is -0.464 e. The molecule has 2 nitrogen and oxygen atoms in total. The highest BCUT2D eigenvalue weighted by atomic mass is 28.4. The Morgan fingerprint density at radius 2 is 1.92 bits per heavy atom. The van der Waals surface area contributed by atoms with E-state index in [1.807, 2.05) is 5.70 Å². The van der Waals surface area contributed by atoms with Gasteiger partial charge in [0.05, 0.1) is 0 Å². The number of hydrogen-bond donors (Lipinski definition) is 0. The Labute approximate surface area is 89.5 Å². The van der Waals surface area contributed by atoms with E-state index in [0.29, 0.717) is 0 Å². The fraction of sp³-hybridized carbons (Fsp3) is 0.714. The molecule has 78 valence electrons. The van der Waals surface area contributed by atoms with Gasteiger partial charge in [0.25, 0.3) is 0 Å². The first-order chi connectivity index (χ1) is 5.83. The Kier molecular flexibility index (Phi) is 5.64. The van der Waals surface area contributed by atoms with Crippen molar-refractivity contribution in [1.82, 2.24) is 0 Å². The Hall–Kier alpha value is 0.528. The summed E-state index contributed by atoms with van der Waals surface area (Å²) >= 11 is 0. The highest BCUT2D eigenvalue weighted by Crippen LogP contribution is 2.11. The first-order valence-corrected chi connectivity index (χ1v) is 13.2. The van der Waals surface area contributed by atoms with E-state index in [-0.39, 0.29) is 9.76 Å². The predicted molar refractivity (Wildman–Crippen MR) is 70.6 cm³/mol. The third-order valence-electron chi connectivity index (χ3n) is 2.22. The third-order valence-corrected chi connectivity index (χ3v) is 17.1. The minimum atomic E-state index is -1.49. The van der Waals surface area contributed by atoms with Gasteiger partial charge in [0.2, 0.25) is 0 Å². The van der Waals surface area contributed by atoms with E-state index in [1.54, 1.807) is 0 Å². The zero-order chi connectivity index (χ0) is 10.5. The highest BCUT2D eigenvalue weighted by Gasteiger charge is 2.23. The lowest BCUT2D eigenvalue weighted by Crippen LogP contribution is -2.36. The van der Waals surface area contributed by atoms with Gasteiger partial charge in [-0.2, -0.15) is 0 Å². The summed E-state index contributed by atoms with van der Waals surface area (Å²) in [5.74, 6) is 0. The quantitative estimate of drug-likeness (QED) is 0.639. The summed E-state index contributed by atoms with van der Waals surface area (Å²) in [6.45, 7) is 12.8. The van der Waals surface area contributed by atoms with Crippen molar-refractivity contribution in [3.63, 3.8) is 0 Å². The molecule has 0 saturated carbocycles. The van der Waals surface area contributed by atoms with Crippen molar-refractivity contribution < 1.29 is 8.23 Å². The Morgan fingerprint density at radius 3 is 2.31 bits per heavy atom. The van der Waals surface area contributed by atoms with Crippen LogP contribution in [-0.2, 0) is 8.23 Å². The monoisotopic (exact) mass is 250 g/mol. The van der Waals surface area contributed by atoms with Crippen LogP contribution in [0.15, 0.2) is 12.3 Å². The lowest BCUT2D eigenvalue weighted by atomic mass is 11.3. The molecule has 13 heavy (non-hydrogen) atoms. The van der Waals surface area contributed by atoms with Gasteiger partial charge < -0.3 is 8.23 Å². The third kappa shape index (κ3) is 6.58. The lowest BCUT2D eigenvalue weighted by molar-refractivity contribution is 0.589. The first kappa shape index (κ1) is 13.5. The molecule has 0 amide bonds. The van der Waals surface area contributed by atoms with Crippen molar-refractivity contribution in [2.75, 3.05) is 0 Å². The van der Waals surface area contributed by atoms with Crippen LogP contribution in [0.1, 0.15) is 0 Å². The molecule has 0 saturated heterocycles. The van der Waals surface area contributed by atoms with E-state index >= 15 is 0 Å². The normalized spacial score (nSPS) is 14.2. The second kappa shape index (κ2) is 5.42. The van der Waals surface area contributed by atoms with Gasteiger partial charge in [0, 0.05) is 0 Å². The molecule has 0 radical (unpaired) electrons. The molecule has 0 aromatic carbocycles. The van der Waals surface area contributed by atoms with Gasteiger partial charge in [-0.1, -0.05) is 5.70 Å². The van der Waals surface area contributed by atoms with E-state index in [4.69, 9.17) is 8.23 Å². The van der Waals surface area contributed by atoms with Crippen molar-refractivity contribution in [3.05, 3.63) is 12.3 Å². The van der Waals surface area contributed by atoms with Crippen molar-refractivity contribution in [2.45, 2.75) is 31.9 Å². The van der Waals surface area contributed by atoms with Crippen molar-refractivity contribution >= 4 is 36.9 Å². The van der Waals surface area contributed by atoms with Crippen molar-refractivity contribution in [1.29, 1.82) is 0 Å². The Bertz CT molecular complexity index is 170. The zero-order valence-electron chi connectivity index (χ0n) is 9.52. The molecular formula is C7H22O2Si4. The molecule has 0 unspecified atom stereocenters. The molecule has 0 spiro atoms. The van der Waals surface area contributed by atoms with Gasteiger partial charge >= 0.3 is 0 Å². The topological polar surface area (TPSA) is 18.5 Å². The van der Waals surface area contributed by atoms with Crippen LogP contribution in [0.3, 0.4) is 0 Å². The molecule has 0 aromatic rings. The van der Waals surface area contributed by atoms with Crippen molar-refractivity contribution in [2.24, 2.45) is 0 Å². The summed E-state index contributed by atoms with van der Waals surface area (Å²) in [7, 11) is -2.29. The lowest BCUT2D eigenvalue weighted by Gasteiger charge is -2.24. The fourth-order valence-corrected chi connectivity index (χ4v) is 9.24. The molecule has 6 heteroatoms. The van der Waals surface area contributed by atoms with Gasteiger partial charge in [-0.25, -0.2) is 0 Å². The minimum absolute atomic E-state index is 0.370. The summed E-state index contributed by atoms with van der Waals surface area (Å²) in [6.07, 6.45) is 0. The average Bonchev–Trinajstić information content (AvgIpc) is 2.04. The van der Waals surface area contributed by atoms with Crippen LogP contribution in [-0.4, -0.2) is 36.9 Å². The highest BCUT2D eigenvalue weighted by molar-refractivity contribution is 6.84. The zero-order valence-corrected chi connectivity index (χ0v) is 14.9. The van der Waals surface area contributed by atoms with Crippen LogP contribution in [0, 0.1) is 0 Å². The van der Waals surface area contributed by atoms with Crippen LogP contribution in [0.5, 0.6) is 0 Å². The maximum atomic E-state index is 5.95. The molecule has 0 heterocycles. The first-order valence-electron chi connectivity index (χ1n) is 4.66. The van der Waals surface area contributed by atoms with E-state index in [2.05, 4.69) is 32.8 Å². The molecule has 0 aliphatic carbocycles. The van der Waals surface area contributed by atoms with Gasteiger partial charge in [-0.05, 0) is 31.9 Å². The standard InChI is InChI=1S/C7H22O2Si4/c1-6-12(2,3)9-11-7-13(4,5)8-10/h6H,1,7,11H2,2-5,10H3. The van der Waals surface area contributed by atoms with Crippen molar-refractivity contribution in [3.8, 4) is 0 Å².